The highest BCUT2D eigenvalue weighted by Crippen LogP contribution is 2.25. The van der Waals surface area contributed by atoms with Gasteiger partial charge in [-0.05, 0) is 55.3 Å². The van der Waals surface area contributed by atoms with E-state index in [0.717, 1.165) is 29.7 Å². The lowest BCUT2D eigenvalue weighted by molar-refractivity contribution is 0.0679. The molecule has 0 aliphatic carbocycles. The minimum absolute atomic E-state index is 0.174. The van der Waals surface area contributed by atoms with Crippen LogP contribution in [0.15, 0.2) is 46.9 Å². The number of carbonyl (C=O) groups excluding carboxylic acids is 1. The molecule has 1 aliphatic heterocycles. The Morgan fingerprint density at radius 2 is 2.00 bits per heavy atom. The molecular weight excluding hydrogens is 426 g/mol. The Labute approximate surface area is 173 Å². The number of ether oxygens (including phenoxy) is 4. The van der Waals surface area contributed by atoms with E-state index >= 15 is 0 Å². The van der Waals surface area contributed by atoms with E-state index in [2.05, 4.69) is 21.2 Å². The highest BCUT2D eigenvalue weighted by Gasteiger charge is 2.16. The third-order valence-corrected chi connectivity index (χ3v) is 4.80. The topological polar surface area (TPSA) is 66.0 Å². The second kappa shape index (κ2) is 10.5. The van der Waals surface area contributed by atoms with E-state index in [-0.39, 0.29) is 12.0 Å². The molecule has 0 spiro atoms. The molecule has 28 heavy (non-hydrogen) atoms. The number of carbonyl (C=O) groups is 1. The number of anilines is 1. The smallest absolute Gasteiger partial charge is 0.259 e. The number of benzene rings is 2. The van der Waals surface area contributed by atoms with E-state index in [0.29, 0.717) is 36.8 Å². The first-order chi connectivity index (χ1) is 13.7. The summed E-state index contributed by atoms with van der Waals surface area (Å²) in [5.74, 6) is 1.01. The van der Waals surface area contributed by atoms with Crippen LogP contribution >= 0.6 is 15.9 Å². The molecule has 6 nitrogen and oxygen atoms in total. The van der Waals surface area contributed by atoms with Crippen molar-refractivity contribution in [3.63, 3.8) is 0 Å². The zero-order chi connectivity index (χ0) is 19.8. The van der Waals surface area contributed by atoms with Crippen LogP contribution in [0.1, 0.15) is 23.2 Å². The molecule has 1 amide bonds. The third kappa shape index (κ3) is 5.95. The SMILES string of the molecule is COCCOc1ccc(Br)cc1C(=O)Nc1ccc(OCC2CCCO2)cc1. The number of hydrogen-bond donors (Lipinski definition) is 1. The first kappa shape index (κ1) is 20.6. The van der Waals surface area contributed by atoms with Crippen LogP contribution in [0.3, 0.4) is 0 Å². The summed E-state index contributed by atoms with van der Waals surface area (Å²) in [6.07, 6.45) is 2.30. The Bertz CT molecular complexity index is 775. The Morgan fingerprint density at radius 1 is 1.18 bits per heavy atom. The van der Waals surface area contributed by atoms with Crippen molar-refractivity contribution in [3.8, 4) is 11.5 Å². The summed E-state index contributed by atoms with van der Waals surface area (Å²) >= 11 is 3.40. The maximum absolute atomic E-state index is 12.7. The van der Waals surface area contributed by atoms with Crippen molar-refractivity contribution in [2.45, 2.75) is 18.9 Å². The van der Waals surface area contributed by atoms with E-state index in [9.17, 15) is 4.79 Å². The van der Waals surface area contributed by atoms with Gasteiger partial charge in [-0.3, -0.25) is 4.79 Å². The summed E-state index contributed by atoms with van der Waals surface area (Å²) in [5.41, 5.74) is 1.13. The first-order valence-electron chi connectivity index (χ1n) is 9.23. The third-order valence-electron chi connectivity index (χ3n) is 4.30. The lowest BCUT2D eigenvalue weighted by Gasteiger charge is -2.13. The standard InChI is InChI=1S/C21H24BrNO5/c1-25-11-12-27-20-9-4-15(22)13-19(20)21(24)23-16-5-7-17(8-6-16)28-14-18-3-2-10-26-18/h4-9,13,18H,2-3,10-12,14H2,1H3,(H,23,24). The fourth-order valence-electron chi connectivity index (χ4n) is 2.84. The lowest BCUT2D eigenvalue weighted by Crippen LogP contribution is -2.16. The fourth-order valence-corrected chi connectivity index (χ4v) is 3.20. The van der Waals surface area contributed by atoms with Crippen LogP contribution in [-0.4, -0.2) is 45.5 Å². The van der Waals surface area contributed by atoms with E-state index in [1.54, 1.807) is 19.2 Å². The molecule has 1 heterocycles. The van der Waals surface area contributed by atoms with E-state index in [4.69, 9.17) is 18.9 Å². The molecule has 0 saturated carbocycles. The summed E-state index contributed by atoms with van der Waals surface area (Å²) in [6, 6.07) is 12.6. The molecule has 2 aromatic rings. The second-order valence-electron chi connectivity index (χ2n) is 6.41. The van der Waals surface area contributed by atoms with Crippen molar-refractivity contribution in [3.05, 3.63) is 52.5 Å². The van der Waals surface area contributed by atoms with Gasteiger partial charge in [0.05, 0.1) is 18.3 Å². The van der Waals surface area contributed by atoms with E-state index < -0.39 is 0 Å². The molecule has 1 N–H and O–H groups in total. The predicted molar refractivity (Wildman–Crippen MR) is 110 cm³/mol. The number of methoxy groups -OCH3 is 1. The molecule has 7 heteroatoms. The van der Waals surface area contributed by atoms with Crippen LogP contribution in [0.25, 0.3) is 0 Å². The number of rotatable bonds is 9. The predicted octanol–water partition coefficient (Wildman–Crippen LogP) is 4.28. The molecule has 150 valence electrons. The minimum Gasteiger partial charge on any atom is -0.491 e. The van der Waals surface area contributed by atoms with Gasteiger partial charge in [0, 0.05) is 23.9 Å². The van der Waals surface area contributed by atoms with Gasteiger partial charge in [-0.25, -0.2) is 0 Å². The molecular formula is C21H24BrNO5. The molecule has 1 aliphatic rings. The average molecular weight is 450 g/mol. The number of amides is 1. The Morgan fingerprint density at radius 3 is 2.71 bits per heavy atom. The molecule has 1 atom stereocenters. The molecule has 3 rings (SSSR count). The maximum atomic E-state index is 12.7. The zero-order valence-corrected chi connectivity index (χ0v) is 17.4. The van der Waals surface area contributed by atoms with Crippen molar-refractivity contribution in [1.29, 1.82) is 0 Å². The second-order valence-corrected chi connectivity index (χ2v) is 7.32. The summed E-state index contributed by atoms with van der Waals surface area (Å²) < 4.78 is 22.7. The molecule has 1 fully saturated rings. The molecule has 0 aromatic heterocycles. The monoisotopic (exact) mass is 449 g/mol. The normalized spacial score (nSPS) is 16.0. The van der Waals surface area contributed by atoms with Crippen molar-refractivity contribution in [2.24, 2.45) is 0 Å². The summed E-state index contributed by atoms with van der Waals surface area (Å²) in [4.78, 5) is 12.7. The molecule has 0 radical (unpaired) electrons. The van der Waals surface area contributed by atoms with Gasteiger partial charge in [-0.2, -0.15) is 0 Å². The average Bonchev–Trinajstić information content (AvgIpc) is 3.22. The van der Waals surface area contributed by atoms with Crippen LogP contribution in [0.2, 0.25) is 0 Å². The number of nitrogens with one attached hydrogen (secondary N) is 1. The highest BCUT2D eigenvalue weighted by atomic mass is 79.9. The molecule has 1 unspecified atom stereocenters. The largest absolute Gasteiger partial charge is 0.491 e. The van der Waals surface area contributed by atoms with Crippen molar-refractivity contribution in [1.82, 2.24) is 0 Å². The van der Waals surface area contributed by atoms with Crippen molar-refractivity contribution >= 4 is 27.5 Å². The van der Waals surface area contributed by atoms with Gasteiger partial charge in [0.15, 0.2) is 0 Å². The minimum atomic E-state index is -0.248. The van der Waals surface area contributed by atoms with Crippen LogP contribution in [0.5, 0.6) is 11.5 Å². The van der Waals surface area contributed by atoms with Gasteiger partial charge in [0.1, 0.15) is 24.7 Å². The Hall–Kier alpha value is -2.09. The van der Waals surface area contributed by atoms with Gasteiger partial charge in [-0.15, -0.1) is 0 Å². The Balaban J connectivity index is 1.60. The first-order valence-corrected chi connectivity index (χ1v) is 10.0. The summed E-state index contributed by atoms with van der Waals surface area (Å²) in [6.45, 7) is 2.18. The highest BCUT2D eigenvalue weighted by molar-refractivity contribution is 9.10. The van der Waals surface area contributed by atoms with Crippen LogP contribution in [0, 0.1) is 0 Å². The van der Waals surface area contributed by atoms with Crippen LogP contribution < -0.4 is 14.8 Å². The van der Waals surface area contributed by atoms with Gasteiger partial charge in [0.2, 0.25) is 0 Å². The van der Waals surface area contributed by atoms with Crippen LogP contribution in [0.4, 0.5) is 5.69 Å². The van der Waals surface area contributed by atoms with Crippen LogP contribution in [-0.2, 0) is 9.47 Å². The summed E-state index contributed by atoms with van der Waals surface area (Å²) in [7, 11) is 1.60. The fraction of sp³-hybridized carbons (Fsp3) is 0.381. The zero-order valence-electron chi connectivity index (χ0n) is 15.8. The molecule has 0 bridgehead atoms. The quantitative estimate of drug-likeness (QED) is 0.578. The van der Waals surface area contributed by atoms with Crippen molar-refractivity contribution < 1.29 is 23.7 Å². The van der Waals surface area contributed by atoms with Gasteiger partial charge >= 0.3 is 0 Å². The lowest BCUT2D eigenvalue weighted by atomic mass is 10.2. The Kier molecular flexibility index (Phi) is 7.71. The van der Waals surface area contributed by atoms with Gasteiger partial charge < -0.3 is 24.3 Å². The number of halogens is 1. The molecule has 1 saturated heterocycles. The van der Waals surface area contributed by atoms with Crippen molar-refractivity contribution in [2.75, 3.05) is 38.9 Å². The summed E-state index contributed by atoms with van der Waals surface area (Å²) in [5, 5.41) is 2.89. The van der Waals surface area contributed by atoms with E-state index in [1.165, 1.54) is 0 Å². The number of hydrogen-bond acceptors (Lipinski definition) is 5. The van der Waals surface area contributed by atoms with Gasteiger partial charge in [0.25, 0.3) is 5.91 Å². The maximum Gasteiger partial charge on any atom is 0.259 e. The van der Waals surface area contributed by atoms with Gasteiger partial charge in [-0.1, -0.05) is 15.9 Å². The van der Waals surface area contributed by atoms with E-state index in [1.807, 2.05) is 30.3 Å². The molecule has 2 aromatic carbocycles.